The fourth-order valence-electron chi connectivity index (χ4n) is 5.47. The van der Waals surface area contributed by atoms with Gasteiger partial charge in [-0.2, -0.15) is 0 Å². The second kappa shape index (κ2) is 7.29. The molecule has 0 radical (unpaired) electrons. The van der Waals surface area contributed by atoms with Gasteiger partial charge in [0.25, 0.3) is 0 Å². The van der Waals surface area contributed by atoms with E-state index in [0.717, 1.165) is 43.8 Å². The molecule has 5 heteroatoms. The zero-order chi connectivity index (χ0) is 19.8. The average Bonchev–Trinajstić information content (AvgIpc) is 3.26. The summed E-state index contributed by atoms with van der Waals surface area (Å²) < 4.78 is 5.46. The Morgan fingerprint density at radius 1 is 1.14 bits per heavy atom. The Morgan fingerprint density at radius 3 is 2.69 bits per heavy atom. The number of carbonyl (C=O) groups excluding carboxylic acids is 1. The third kappa shape index (κ3) is 3.22. The molecule has 1 atom stereocenters. The molecule has 2 aromatic carbocycles. The zero-order valence-electron chi connectivity index (χ0n) is 17.1. The van der Waals surface area contributed by atoms with E-state index in [1.807, 2.05) is 30.3 Å². The fourth-order valence-corrected chi connectivity index (χ4v) is 5.47. The number of likely N-dealkylation sites (tertiary alicyclic amines) is 1. The number of methoxy groups -OCH3 is 1. The topological polar surface area (TPSA) is 44.8 Å². The van der Waals surface area contributed by atoms with Crippen molar-refractivity contribution in [3.63, 3.8) is 0 Å². The fraction of sp³-hybridized carbons (Fsp3) is 0.458. The van der Waals surface area contributed by atoms with Crippen molar-refractivity contribution in [2.75, 3.05) is 37.0 Å². The number of hydrogen-bond donors (Lipinski definition) is 1. The SMILES string of the molecule is COc1ccc2c(c1)NC1(CCN(C(=O)Cc3ccccc3)CC1)C1CCCN21. The lowest BCUT2D eigenvalue weighted by molar-refractivity contribution is -0.132. The van der Waals surface area contributed by atoms with Gasteiger partial charge in [0.05, 0.1) is 36.5 Å². The molecule has 1 amide bonds. The number of amides is 1. The van der Waals surface area contributed by atoms with E-state index in [4.69, 9.17) is 4.74 Å². The number of fused-ring (bicyclic) bond motifs is 4. The first-order valence-corrected chi connectivity index (χ1v) is 10.7. The summed E-state index contributed by atoms with van der Waals surface area (Å²) in [4.78, 5) is 17.5. The van der Waals surface area contributed by atoms with Gasteiger partial charge >= 0.3 is 0 Å². The summed E-state index contributed by atoms with van der Waals surface area (Å²) >= 11 is 0. The van der Waals surface area contributed by atoms with E-state index in [-0.39, 0.29) is 11.4 Å². The van der Waals surface area contributed by atoms with Crippen LogP contribution < -0.4 is 15.0 Å². The predicted octanol–water partition coefficient (Wildman–Crippen LogP) is 3.69. The van der Waals surface area contributed by atoms with Gasteiger partial charge in [0.2, 0.25) is 5.91 Å². The predicted molar refractivity (Wildman–Crippen MR) is 116 cm³/mol. The van der Waals surface area contributed by atoms with Crippen LogP contribution in [-0.2, 0) is 11.2 Å². The number of rotatable bonds is 3. The van der Waals surface area contributed by atoms with Crippen LogP contribution in [0.25, 0.3) is 0 Å². The van der Waals surface area contributed by atoms with Crippen molar-refractivity contribution in [2.45, 2.75) is 43.7 Å². The first kappa shape index (κ1) is 18.3. The average molecular weight is 392 g/mol. The molecule has 3 aliphatic heterocycles. The second-order valence-electron chi connectivity index (χ2n) is 8.56. The number of piperidine rings is 1. The molecule has 29 heavy (non-hydrogen) atoms. The van der Waals surface area contributed by atoms with Gasteiger partial charge in [0.15, 0.2) is 0 Å². The molecule has 0 aliphatic carbocycles. The van der Waals surface area contributed by atoms with Crippen molar-refractivity contribution in [2.24, 2.45) is 0 Å². The Labute approximate surface area is 172 Å². The van der Waals surface area contributed by atoms with E-state index in [2.05, 4.69) is 33.3 Å². The molecule has 1 unspecified atom stereocenters. The molecule has 1 spiro atoms. The molecule has 2 aromatic rings. The quantitative estimate of drug-likeness (QED) is 0.867. The van der Waals surface area contributed by atoms with Crippen molar-refractivity contribution < 1.29 is 9.53 Å². The van der Waals surface area contributed by atoms with Crippen LogP contribution in [-0.4, -0.2) is 49.1 Å². The molecule has 2 saturated heterocycles. The van der Waals surface area contributed by atoms with Crippen molar-refractivity contribution in [1.29, 1.82) is 0 Å². The van der Waals surface area contributed by atoms with Crippen LogP contribution in [0.15, 0.2) is 48.5 Å². The van der Waals surface area contributed by atoms with E-state index in [1.54, 1.807) is 7.11 Å². The summed E-state index contributed by atoms with van der Waals surface area (Å²) in [7, 11) is 1.72. The molecule has 152 valence electrons. The maximum Gasteiger partial charge on any atom is 0.226 e. The smallest absolute Gasteiger partial charge is 0.226 e. The van der Waals surface area contributed by atoms with E-state index >= 15 is 0 Å². The summed E-state index contributed by atoms with van der Waals surface area (Å²) in [5.41, 5.74) is 3.60. The third-order valence-corrected chi connectivity index (χ3v) is 6.99. The first-order valence-electron chi connectivity index (χ1n) is 10.7. The lowest BCUT2D eigenvalue weighted by Gasteiger charge is -2.53. The summed E-state index contributed by atoms with van der Waals surface area (Å²) in [6.45, 7) is 2.76. The van der Waals surface area contributed by atoms with Gasteiger partial charge in [-0.3, -0.25) is 4.79 Å². The molecule has 1 N–H and O–H groups in total. The maximum absolute atomic E-state index is 12.8. The molecule has 2 fully saturated rings. The number of anilines is 2. The third-order valence-electron chi connectivity index (χ3n) is 6.99. The minimum absolute atomic E-state index is 0.0411. The van der Waals surface area contributed by atoms with Crippen LogP contribution in [0, 0.1) is 0 Å². The zero-order valence-corrected chi connectivity index (χ0v) is 17.1. The first-order chi connectivity index (χ1) is 14.2. The van der Waals surface area contributed by atoms with Gasteiger partial charge < -0.3 is 19.9 Å². The monoisotopic (exact) mass is 391 g/mol. The van der Waals surface area contributed by atoms with Crippen molar-refractivity contribution in [3.05, 3.63) is 54.1 Å². The van der Waals surface area contributed by atoms with Crippen LogP contribution in [0.3, 0.4) is 0 Å². The van der Waals surface area contributed by atoms with Gasteiger partial charge in [0, 0.05) is 25.7 Å². The van der Waals surface area contributed by atoms with Crippen LogP contribution in [0.2, 0.25) is 0 Å². The van der Waals surface area contributed by atoms with Crippen molar-refractivity contribution in [3.8, 4) is 5.75 Å². The normalized spacial score (nSPS) is 22.0. The van der Waals surface area contributed by atoms with Crippen LogP contribution in [0.5, 0.6) is 5.75 Å². The molecule has 0 aromatic heterocycles. The summed E-state index contributed by atoms with van der Waals surface area (Å²) in [5, 5.41) is 3.91. The number of ether oxygens (including phenoxy) is 1. The van der Waals surface area contributed by atoms with E-state index in [1.165, 1.54) is 24.2 Å². The highest BCUT2D eigenvalue weighted by Gasteiger charge is 2.49. The summed E-state index contributed by atoms with van der Waals surface area (Å²) in [5.74, 6) is 1.13. The Hall–Kier alpha value is -2.69. The number of carbonyl (C=O) groups is 1. The van der Waals surface area contributed by atoms with Crippen LogP contribution >= 0.6 is 0 Å². The number of nitrogens with zero attached hydrogens (tertiary/aromatic N) is 2. The number of benzene rings is 2. The van der Waals surface area contributed by atoms with Gasteiger partial charge in [-0.1, -0.05) is 30.3 Å². The molecule has 0 saturated carbocycles. The minimum Gasteiger partial charge on any atom is -0.497 e. The van der Waals surface area contributed by atoms with Crippen LogP contribution in [0.1, 0.15) is 31.2 Å². The number of nitrogens with one attached hydrogen (secondary N) is 1. The maximum atomic E-state index is 12.8. The summed E-state index contributed by atoms with van der Waals surface area (Å²) in [6.07, 6.45) is 4.93. The summed E-state index contributed by atoms with van der Waals surface area (Å²) in [6, 6.07) is 16.9. The lowest BCUT2D eigenvalue weighted by atomic mass is 9.77. The second-order valence-corrected chi connectivity index (χ2v) is 8.56. The number of hydrogen-bond acceptors (Lipinski definition) is 4. The molecular weight excluding hydrogens is 362 g/mol. The lowest BCUT2D eigenvalue weighted by Crippen LogP contribution is -2.63. The Bertz CT molecular complexity index is 890. The highest BCUT2D eigenvalue weighted by Crippen LogP contribution is 2.47. The largest absolute Gasteiger partial charge is 0.497 e. The van der Waals surface area contributed by atoms with Gasteiger partial charge in [0.1, 0.15) is 5.75 Å². The molecule has 5 rings (SSSR count). The van der Waals surface area contributed by atoms with E-state index in [0.29, 0.717) is 12.5 Å². The van der Waals surface area contributed by atoms with Crippen molar-refractivity contribution in [1.82, 2.24) is 4.90 Å². The standard InChI is InChI=1S/C24H29N3O2/c1-29-19-9-10-21-20(17-19)25-24(22-8-5-13-27(21)22)11-14-26(15-12-24)23(28)16-18-6-3-2-4-7-18/h2-4,6-7,9-10,17,22,25H,5,8,11-16H2,1H3. The highest BCUT2D eigenvalue weighted by atomic mass is 16.5. The highest BCUT2D eigenvalue weighted by molar-refractivity contribution is 5.80. The Morgan fingerprint density at radius 2 is 1.93 bits per heavy atom. The molecule has 0 bridgehead atoms. The van der Waals surface area contributed by atoms with Crippen molar-refractivity contribution >= 4 is 17.3 Å². The molecule has 3 heterocycles. The Balaban J connectivity index is 1.33. The molecular formula is C24H29N3O2. The van der Waals surface area contributed by atoms with Gasteiger partial charge in [-0.25, -0.2) is 0 Å². The molecule has 3 aliphatic rings. The molecule has 5 nitrogen and oxygen atoms in total. The van der Waals surface area contributed by atoms with Gasteiger partial charge in [-0.15, -0.1) is 0 Å². The van der Waals surface area contributed by atoms with E-state index < -0.39 is 0 Å². The van der Waals surface area contributed by atoms with Crippen LogP contribution in [0.4, 0.5) is 11.4 Å². The van der Waals surface area contributed by atoms with E-state index in [9.17, 15) is 4.79 Å². The minimum atomic E-state index is 0.0411. The van der Waals surface area contributed by atoms with Gasteiger partial charge in [-0.05, 0) is 43.4 Å². The Kier molecular flexibility index (Phi) is 4.61.